The summed E-state index contributed by atoms with van der Waals surface area (Å²) in [6, 6.07) is 0. The molecule has 1 aromatic rings. The third kappa shape index (κ3) is 13.3. The fourth-order valence-electron chi connectivity index (χ4n) is 7.57. The van der Waals surface area contributed by atoms with Crippen LogP contribution in [0.15, 0.2) is 6.20 Å². The molecule has 0 spiro atoms. The van der Waals surface area contributed by atoms with E-state index in [1.165, 1.54) is 17.8 Å². The molecule has 4 saturated heterocycles. The zero-order valence-electron chi connectivity index (χ0n) is 35.8. The van der Waals surface area contributed by atoms with Gasteiger partial charge in [0.2, 0.25) is 5.91 Å². The van der Waals surface area contributed by atoms with E-state index < -0.39 is 148 Å². The summed E-state index contributed by atoms with van der Waals surface area (Å²) in [5.74, 6) is -0.645. The zero-order valence-corrected chi connectivity index (χ0v) is 35.8. The summed E-state index contributed by atoms with van der Waals surface area (Å²) in [5, 5.41) is 137. The fraction of sp³-hybridized carbons (Fsp3) is 0.919. The summed E-state index contributed by atoms with van der Waals surface area (Å²) in [4.78, 5) is 14.0. The van der Waals surface area contributed by atoms with Gasteiger partial charge < -0.3 is 119 Å². The van der Waals surface area contributed by atoms with Gasteiger partial charge in [0.15, 0.2) is 25.1 Å². The van der Waals surface area contributed by atoms with Crippen LogP contribution in [0.5, 0.6) is 0 Å². The lowest BCUT2D eigenvalue weighted by molar-refractivity contribution is -0.402. The maximum atomic E-state index is 13.0. The van der Waals surface area contributed by atoms with Gasteiger partial charge in [-0.3, -0.25) is 4.79 Å². The standard InChI is InChI=1S/C37H65N5O23/c1-16-22(47)25(50)29(54)35(59-16)65-33-32(64-36-30(55)26(51)23(48)19(13-43)61-36)24(49)20(14-44)62-37(33)63-31-21(15-45)60-34(28(53)27(31)52)42(17(2)46)12-18-11-41(40-39-18)4-6-57-8-10-58-9-7-56-5-3-38/h11,16,19-37,43-45,47-55H,3-10,12-15,38H2,1-2H3/t16?,19?,20?,21-,22+,23-,24-,25-,26-,27?,28?,29+,30-,31+,32-,33-,34?,35?,36?,37?/m0/s1. The van der Waals surface area contributed by atoms with Gasteiger partial charge in [0.05, 0.1) is 84.9 Å². The molecule has 0 aliphatic carbocycles. The zero-order chi connectivity index (χ0) is 47.5. The van der Waals surface area contributed by atoms with Crippen molar-refractivity contribution in [2.45, 2.75) is 150 Å². The van der Waals surface area contributed by atoms with E-state index in [4.69, 9.17) is 53.1 Å². The first-order valence-corrected chi connectivity index (χ1v) is 21.2. The van der Waals surface area contributed by atoms with Crippen LogP contribution in [-0.2, 0) is 65.3 Å². The number of carbonyl (C=O) groups excluding carboxylic acids is 1. The Morgan fingerprint density at radius 3 is 1.78 bits per heavy atom. The second-order valence-corrected chi connectivity index (χ2v) is 15.9. The molecule has 5 rings (SSSR count). The highest BCUT2D eigenvalue weighted by Gasteiger charge is 2.57. The summed E-state index contributed by atoms with van der Waals surface area (Å²) in [6.07, 6.45) is -34.4. The predicted molar refractivity (Wildman–Crippen MR) is 208 cm³/mol. The number of hydrogen-bond donors (Lipinski definition) is 13. The smallest absolute Gasteiger partial charge is 0.221 e. The Bertz CT molecular complexity index is 1550. The second-order valence-electron chi connectivity index (χ2n) is 15.9. The topological polar surface area (TPSA) is 412 Å². The van der Waals surface area contributed by atoms with E-state index in [2.05, 4.69) is 10.3 Å². The van der Waals surface area contributed by atoms with Crippen molar-refractivity contribution in [3.63, 3.8) is 0 Å². The lowest BCUT2D eigenvalue weighted by Crippen LogP contribution is -2.69. The van der Waals surface area contributed by atoms with Crippen LogP contribution in [0.25, 0.3) is 0 Å². The van der Waals surface area contributed by atoms with Crippen molar-refractivity contribution in [2.24, 2.45) is 5.73 Å². The summed E-state index contributed by atoms with van der Waals surface area (Å²) in [6.45, 7) is 2.32. The van der Waals surface area contributed by atoms with Crippen molar-refractivity contribution in [1.82, 2.24) is 19.9 Å². The van der Waals surface area contributed by atoms with Gasteiger partial charge in [-0.1, -0.05) is 5.21 Å². The van der Waals surface area contributed by atoms with Gasteiger partial charge in [-0.15, -0.1) is 5.10 Å². The number of aromatic nitrogens is 3. The fourth-order valence-corrected chi connectivity index (χ4v) is 7.57. The molecule has 4 aliphatic rings. The lowest BCUT2D eigenvalue weighted by Gasteiger charge is -2.51. The maximum absolute atomic E-state index is 13.0. The first-order chi connectivity index (χ1) is 31.1. The molecule has 0 bridgehead atoms. The molecule has 9 unspecified atom stereocenters. The van der Waals surface area contributed by atoms with E-state index in [1.54, 1.807) is 0 Å². The average Bonchev–Trinajstić information content (AvgIpc) is 3.75. The van der Waals surface area contributed by atoms with Crippen LogP contribution in [0, 0.1) is 0 Å². The number of aliphatic hydroxyl groups is 12. The number of rotatable bonds is 23. The van der Waals surface area contributed by atoms with Crippen molar-refractivity contribution in [1.29, 1.82) is 0 Å². The number of amides is 1. The molecule has 5 heterocycles. The van der Waals surface area contributed by atoms with E-state index >= 15 is 0 Å². The molecule has 28 heteroatoms. The molecular weight excluding hydrogens is 882 g/mol. The van der Waals surface area contributed by atoms with Gasteiger partial charge in [0.1, 0.15) is 97.3 Å². The molecular formula is C37H65N5O23. The highest BCUT2D eigenvalue weighted by molar-refractivity contribution is 5.73. The molecule has 4 aliphatic heterocycles. The number of aliphatic hydroxyl groups excluding tert-OH is 12. The number of nitrogens with zero attached hydrogens (tertiary/aromatic N) is 4. The van der Waals surface area contributed by atoms with Gasteiger partial charge in [-0.05, 0) is 6.92 Å². The van der Waals surface area contributed by atoms with Crippen molar-refractivity contribution in [3.8, 4) is 0 Å². The molecule has 0 saturated carbocycles. The van der Waals surface area contributed by atoms with E-state index in [1.807, 2.05) is 0 Å². The molecule has 1 aromatic heterocycles. The average molecular weight is 948 g/mol. The van der Waals surface area contributed by atoms with Crippen LogP contribution < -0.4 is 5.73 Å². The van der Waals surface area contributed by atoms with E-state index in [0.717, 1.165) is 11.8 Å². The van der Waals surface area contributed by atoms with Crippen LogP contribution in [0.3, 0.4) is 0 Å². The van der Waals surface area contributed by atoms with Crippen molar-refractivity contribution < 1.29 is 113 Å². The van der Waals surface area contributed by atoms with E-state index in [9.17, 15) is 66.1 Å². The maximum Gasteiger partial charge on any atom is 0.221 e. The minimum Gasteiger partial charge on any atom is -0.394 e. The molecule has 0 radical (unpaired) electrons. The largest absolute Gasteiger partial charge is 0.394 e. The Labute approximate surface area is 372 Å². The summed E-state index contributed by atoms with van der Waals surface area (Å²) in [7, 11) is 0. The third-order valence-corrected chi connectivity index (χ3v) is 11.3. The van der Waals surface area contributed by atoms with Crippen molar-refractivity contribution >= 4 is 5.91 Å². The van der Waals surface area contributed by atoms with Gasteiger partial charge in [-0.2, -0.15) is 0 Å². The third-order valence-electron chi connectivity index (χ3n) is 11.3. The molecule has 28 nitrogen and oxygen atoms in total. The molecule has 20 atom stereocenters. The number of ether oxygens (including phenoxy) is 10. The molecule has 0 aromatic carbocycles. The Morgan fingerprint density at radius 2 is 1.17 bits per heavy atom. The summed E-state index contributed by atoms with van der Waals surface area (Å²) in [5.41, 5.74) is 5.62. The van der Waals surface area contributed by atoms with E-state index in [-0.39, 0.29) is 25.4 Å². The molecule has 65 heavy (non-hydrogen) atoms. The van der Waals surface area contributed by atoms with Crippen molar-refractivity contribution in [2.75, 3.05) is 66.0 Å². The first kappa shape index (κ1) is 53.6. The van der Waals surface area contributed by atoms with Gasteiger partial charge in [0.25, 0.3) is 0 Å². The summed E-state index contributed by atoms with van der Waals surface area (Å²) >= 11 is 0. The van der Waals surface area contributed by atoms with E-state index in [0.29, 0.717) is 39.6 Å². The highest BCUT2D eigenvalue weighted by atomic mass is 16.8. The summed E-state index contributed by atoms with van der Waals surface area (Å²) < 4.78 is 58.5. The van der Waals surface area contributed by atoms with Crippen molar-refractivity contribution in [3.05, 3.63) is 11.9 Å². The Balaban J connectivity index is 1.31. The Hall–Kier alpha value is -2.31. The highest BCUT2D eigenvalue weighted by Crippen LogP contribution is 2.36. The van der Waals surface area contributed by atoms with Gasteiger partial charge in [-0.25, -0.2) is 4.68 Å². The predicted octanol–water partition coefficient (Wildman–Crippen LogP) is -9.06. The number of nitrogens with two attached hydrogens (primary N) is 1. The Morgan fingerprint density at radius 1 is 0.631 bits per heavy atom. The minimum absolute atomic E-state index is 0.246. The van der Waals surface area contributed by atoms with Crippen LogP contribution in [0.1, 0.15) is 19.5 Å². The SMILES string of the molecule is CC(=O)N(Cc1cn(CCOCCOCCOCCN)nn1)C1O[C@@H](CO)[C@@H](OC2OC(CO)[C@H](O)[C@H](OC3OC(CO)[C@H](O)[C@H](O)[C@@H]3O)[C@@H]2OC2OC(C)[C@@H](O)[C@H](O)[C@H]2O)C(O)C1O. The second kappa shape index (κ2) is 25.3. The van der Waals surface area contributed by atoms with Crippen LogP contribution in [0.4, 0.5) is 0 Å². The minimum atomic E-state index is -2.03. The monoisotopic (exact) mass is 947 g/mol. The van der Waals surface area contributed by atoms with Gasteiger partial charge in [0, 0.05) is 13.5 Å². The molecule has 1 amide bonds. The number of hydrogen-bond acceptors (Lipinski definition) is 26. The van der Waals surface area contributed by atoms with Crippen LogP contribution >= 0.6 is 0 Å². The lowest BCUT2D eigenvalue weighted by atomic mass is 9.95. The van der Waals surface area contributed by atoms with Crippen LogP contribution in [0.2, 0.25) is 0 Å². The normalized spacial score (nSPS) is 40.2. The van der Waals surface area contributed by atoms with Crippen LogP contribution in [-0.4, -0.2) is 276 Å². The quantitative estimate of drug-likeness (QED) is 0.0453. The first-order valence-electron chi connectivity index (χ1n) is 21.2. The molecule has 14 N–H and O–H groups in total. The molecule has 4 fully saturated rings. The number of carbonyl (C=O) groups is 1. The van der Waals surface area contributed by atoms with Gasteiger partial charge >= 0.3 is 0 Å². The Kier molecular flexibility index (Phi) is 20.9. The molecule has 376 valence electrons.